The maximum Gasteiger partial charge on any atom is 0.181 e. The molecule has 0 fully saturated rings. The summed E-state index contributed by atoms with van der Waals surface area (Å²) in [5, 5.41) is 0.531. The smallest absolute Gasteiger partial charge is 0.181 e. The lowest BCUT2D eigenvalue weighted by Gasteiger charge is -1.99. The van der Waals surface area contributed by atoms with Crippen molar-refractivity contribution in [2.45, 2.75) is 7.43 Å². The fraction of sp³-hybridized carbons (Fsp3) is 0.100. The average molecular weight is 324 g/mol. The largest absolute Gasteiger partial charge is 0.375 e. The Balaban J connectivity index is 0.00000128. The summed E-state index contributed by atoms with van der Waals surface area (Å²) in [6, 6.07) is 4.44. The first-order valence-electron chi connectivity index (χ1n) is 3.95. The Morgan fingerprint density at radius 2 is 2.12 bits per heavy atom. The number of nitrogens with zero attached hydrogens (tertiary/aromatic N) is 1. The molecular formula is C10H9BrClFN2S. The zero-order valence-corrected chi connectivity index (χ0v) is 10.5. The number of nitrogen functional groups attached to an aromatic ring is 1. The third kappa shape index (κ3) is 2.53. The van der Waals surface area contributed by atoms with E-state index in [-0.39, 0.29) is 12.4 Å². The van der Waals surface area contributed by atoms with E-state index in [2.05, 4.69) is 20.9 Å². The van der Waals surface area contributed by atoms with Gasteiger partial charge in [-0.3, -0.25) is 0 Å². The van der Waals surface area contributed by atoms with Crippen LogP contribution in [-0.2, 0) is 0 Å². The molecular weight excluding hydrogens is 315 g/mol. The first kappa shape index (κ1) is 13.4. The van der Waals surface area contributed by atoms with Crippen molar-refractivity contribution in [1.29, 1.82) is 0 Å². The summed E-state index contributed by atoms with van der Waals surface area (Å²) >= 11 is 10.3. The Kier molecular flexibility index (Phi) is 4.29. The zero-order valence-electron chi connectivity index (χ0n) is 7.30. The highest BCUT2D eigenvalue weighted by atomic mass is 79.9. The molecule has 0 aliphatic carbocycles. The van der Waals surface area contributed by atoms with E-state index in [1.165, 1.54) is 23.5 Å². The van der Waals surface area contributed by atoms with Crippen molar-refractivity contribution in [2.24, 2.45) is 0 Å². The first-order valence-corrected chi connectivity index (χ1v) is 5.94. The Hall–Kier alpha value is -0.650. The van der Waals surface area contributed by atoms with Crippen LogP contribution in [0.25, 0.3) is 11.3 Å². The zero-order chi connectivity index (χ0) is 11.0. The quantitative estimate of drug-likeness (QED) is 0.834. The average Bonchev–Trinajstić information content (AvgIpc) is 2.50. The molecule has 2 nitrogen and oxygen atoms in total. The highest BCUT2D eigenvalue weighted by Crippen LogP contribution is 2.35. The van der Waals surface area contributed by atoms with Gasteiger partial charge in [-0.25, -0.2) is 9.37 Å². The minimum absolute atomic E-state index is 0. The van der Waals surface area contributed by atoms with Gasteiger partial charge >= 0.3 is 0 Å². The van der Waals surface area contributed by atoms with Crippen LogP contribution < -0.4 is 5.73 Å². The number of hydrogen-bond donors (Lipinski definition) is 1. The summed E-state index contributed by atoms with van der Waals surface area (Å²) < 4.78 is 13.7. The highest BCUT2D eigenvalue weighted by Gasteiger charge is 2.11. The van der Waals surface area contributed by atoms with E-state index in [4.69, 9.17) is 17.3 Å². The molecule has 0 unspecified atom stereocenters. The summed E-state index contributed by atoms with van der Waals surface area (Å²) in [5.74, 6) is -0.445. The lowest BCUT2D eigenvalue weighted by molar-refractivity contribution is 0.628. The fourth-order valence-corrected chi connectivity index (χ4v) is 2.71. The van der Waals surface area contributed by atoms with Crippen molar-refractivity contribution in [3.63, 3.8) is 0 Å². The van der Waals surface area contributed by atoms with Crippen LogP contribution in [0.3, 0.4) is 0 Å². The fourth-order valence-electron chi connectivity index (χ4n) is 1.14. The molecule has 0 aliphatic heterocycles. The Labute approximate surface area is 110 Å². The topological polar surface area (TPSA) is 38.9 Å². The van der Waals surface area contributed by atoms with Crippen LogP contribution in [-0.4, -0.2) is 4.98 Å². The molecule has 6 heteroatoms. The van der Waals surface area contributed by atoms with Gasteiger partial charge in [-0.05, 0) is 34.1 Å². The second kappa shape index (κ2) is 5.12. The second-order valence-electron chi connectivity index (χ2n) is 2.80. The predicted molar refractivity (Wildman–Crippen MR) is 71.4 cm³/mol. The van der Waals surface area contributed by atoms with Crippen molar-refractivity contribution in [1.82, 2.24) is 4.98 Å². The molecule has 0 amide bonds. The van der Waals surface area contributed by atoms with Crippen molar-refractivity contribution < 1.29 is 4.39 Å². The van der Waals surface area contributed by atoms with Gasteiger partial charge in [0.1, 0.15) is 5.82 Å². The molecule has 0 aliphatic rings. The third-order valence-corrected chi connectivity index (χ3v) is 3.62. The number of aromatic nitrogens is 1. The van der Waals surface area contributed by atoms with Crippen LogP contribution in [0.5, 0.6) is 0 Å². The highest BCUT2D eigenvalue weighted by molar-refractivity contribution is 9.11. The van der Waals surface area contributed by atoms with Gasteiger partial charge in [0.25, 0.3) is 0 Å². The maximum atomic E-state index is 12.9. The van der Waals surface area contributed by atoms with E-state index in [0.29, 0.717) is 10.8 Å². The summed E-state index contributed by atoms with van der Waals surface area (Å²) in [6.07, 6.45) is 0. The van der Waals surface area contributed by atoms with E-state index in [1.807, 2.05) is 0 Å². The molecule has 0 bridgehead atoms. The van der Waals surface area contributed by atoms with Gasteiger partial charge in [0.05, 0.1) is 14.5 Å². The lowest BCUT2D eigenvalue weighted by Crippen LogP contribution is -1.84. The van der Waals surface area contributed by atoms with Gasteiger partial charge in [-0.1, -0.05) is 30.4 Å². The van der Waals surface area contributed by atoms with Crippen LogP contribution in [0.1, 0.15) is 7.43 Å². The number of halogens is 3. The lowest BCUT2D eigenvalue weighted by atomic mass is 10.2. The van der Waals surface area contributed by atoms with Crippen molar-refractivity contribution >= 4 is 44.0 Å². The molecule has 0 saturated carbocycles. The monoisotopic (exact) mass is 322 g/mol. The normalized spacial score (nSPS) is 9.94. The molecule has 2 aromatic rings. The number of nitrogens with two attached hydrogens (primary N) is 1. The van der Waals surface area contributed by atoms with Crippen LogP contribution in [0.4, 0.5) is 9.52 Å². The second-order valence-corrected chi connectivity index (χ2v) is 5.56. The summed E-state index contributed by atoms with van der Waals surface area (Å²) in [6.45, 7) is 0. The molecule has 0 atom stereocenters. The molecule has 0 saturated heterocycles. The van der Waals surface area contributed by atoms with E-state index < -0.39 is 5.82 Å². The molecule has 0 spiro atoms. The first-order chi connectivity index (χ1) is 7.08. The van der Waals surface area contributed by atoms with E-state index in [0.717, 1.165) is 9.35 Å². The molecule has 1 aromatic heterocycles. The van der Waals surface area contributed by atoms with Crippen molar-refractivity contribution in [2.75, 3.05) is 5.73 Å². The number of thiazole rings is 1. The Morgan fingerprint density at radius 3 is 2.62 bits per heavy atom. The molecule has 86 valence electrons. The van der Waals surface area contributed by atoms with Crippen LogP contribution in [0.15, 0.2) is 22.0 Å². The number of hydrogen-bond acceptors (Lipinski definition) is 3. The van der Waals surface area contributed by atoms with E-state index in [9.17, 15) is 4.39 Å². The van der Waals surface area contributed by atoms with Crippen LogP contribution in [0.2, 0.25) is 5.02 Å². The van der Waals surface area contributed by atoms with E-state index >= 15 is 0 Å². The van der Waals surface area contributed by atoms with Gasteiger partial charge in [0, 0.05) is 5.56 Å². The number of anilines is 1. The SMILES string of the molecule is C.Nc1nc(-c2ccc(F)c(Cl)c2)c(Br)s1. The molecule has 1 aromatic carbocycles. The number of rotatable bonds is 1. The number of benzene rings is 1. The maximum absolute atomic E-state index is 12.9. The summed E-state index contributed by atoms with van der Waals surface area (Å²) in [4.78, 5) is 4.12. The third-order valence-electron chi connectivity index (χ3n) is 1.80. The summed E-state index contributed by atoms with van der Waals surface area (Å²) in [7, 11) is 0. The standard InChI is InChI=1S/C9H5BrClFN2S.CH4/c10-8-7(14-9(13)15-8)4-1-2-6(12)5(11)3-4;/h1-3H,(H2,13,14);1H4. The minimum Gasteiger partial charge on any atom is -0.375 e. The van der Waals surface area contributed by atoms with Crippen LogP contribution in [0, 0.1) is 5.82 Å². The predicted octanol–water partition coefficient (Wildman–Crippen LogP) is 4.58. The minimum atomic E-state index is -0.445. The molecule has 16 heavy (non-hydrogen) atoms. The van der Waals surface area contributed by atoms with Gasteiger partial charge in [-0.15, -0.1) is 0 Å². The van der Waals surface area contributed by atoms with Gasteiger partial charge in [0.15, 0.2) is 5.13 Å². The Bertz CT molecular complexity index is 516. The van der Waals surface area contributed by atoms with Gasteiger partial charge < -0.3 is 5.73 Å². The summed E-state index contributed by atoms with van der Waals surface area (Å²) in [5.41, 5.74) is 6.97. The van der Waals surface area contributed by atoms with Gasteiger partial charge in [0.2, 0.25) is 0 Å². The van der Waals surface area contributed by atoms with Crippen molar-refractivity contribution in [3.8, 4) is 11.3 Å². The molecule has 0 radical (unpaired) electrons. The molecule has 2 rings (SSSR count). The van der Waals surface area contributed by atoms with E-state index in [1.54, 1.807) is 6.07 Å². The Morgan fingerprint density at radius 1 is 1.44 bits per heavy atom. The van der Waals surface area contributed by atoms with Crippen molar-refractivity contribution in [3.05, 3.63) is 32.8 Å². The molecule has 2 N–H and O–H groups in total. The molecule has 1 heterocycles. The van der Waals surface area contributed by atoms with Crippen LogP contribution >= 0.6 is 38.9 Å². The van der Waals surface area contributed by atoms with Gasteiger partial charge in [-0.2, -0.15) is 0 Å².